The normalized spacial score (nSPS) is 16.6. The minimum absolute atomic E-state index is 0.0596. The molecule has 0 atom stereocenters. The van der Waals surface area contributed by atoms with Crippen LogP contribution in [0.25, 0.3) is 0 Å². The first-order valence-electron chi connectivity index (χ1n) is 5.09. The van der Waals surface area contributed by atoms with Crippen LogP contribution in [-0.4, -0.2) is 21.7 Å². The average Bonchev–Trinajstić information content (AvgIpc) is 2.63. The molecule has 1 aromatic carbocycles. The van der Waals surface area contributed by atoms with Crippen LogP contribution in [0.4, 0.5) is 5.69 Å². The van der Waals surface area contributed by atoms with Gasteiger partial charge in [0.1, 0.15) is 5.76 Å². The fourth-order valence-corrected chi connectivity index (χ4v) is 2.71. The molecule has 94 valence electrons. The number of halogens is 2. The smallest absolute Gasteiger partial charge is 0.225 e. The van der Waals surface area contributed by atoms with Gasteiger partial charge in [0.2, 0.25) is 5.12 Å². The second-order valence-electron chi connectivity index (χ2n) is 3.69. The summed E-state index contributed by atoms with van der Waals surface area (Å²) in [5.41, 5.74) is 1.18. The summed E-state index contributed by atoms with van der Waals surface area (Å²) in [6.45, 7) is 1.66. The van der Waals surface area contributed by atoms with Crippen molar-refractivity contribution in [3.63, 3.8) is 0 Å². The van der Waals surface area contributed by atoms with Gasteiger partial charge in [-0.05, 0) is 25.1 Å². The number of thioether (sulfide) groups is 1. The van der Waals surface area contributed by atoms with Crippen molar-refractivity contribution in [2.45, 2.75) is 6.92 Å². The van der Waals surface area contributed by atoms with Crippen LogP contribution in [-0.2, 0) is 4.79 Å². The standard InChI is InChI=1S/C12H9Cl2NO2S/c1-6(11-10(16)5-18-12(11)17)15-9-4-7(13)2-3-8(9)14/h2-4,16H,5H2,1H3. The van der Waals surface area contributed by atoms with E-state index in [4.69, 9.17) is 23.2 Å². The number of aliphatic hydroxyl groups is 1. The monoisotopic (exact) mass is 301 g/mol. The van der Waals surface area contributed by atoms with E-state index in [0.717, 1.165) is 11.8 Å². The molecule has 0 fully saturated rings. The third kappa shape index (κ3) is 2.71. The topological polar surface area (TPSA) is 49.7 Å². The number of nitrogens with zero attached hydrogens (tertiary/aromatic N) is 1. The lowest BCUT2D eigenvalue weighted by atomic mass is 10.1. The van der Waals surface area contributed by atoms with Crippen LogP contribution in [0, 0.1) is 0 Å². The molecule has 1 heterocycles. The Morgan fingerprint density at radius 2 is 2.17 bits per heavy atom. The summed E-state index contributed by atoms with van der Waals surface area (Å²) in [7, 11) is 0. The minimum Gasteiger partial charge on any atom is -0.511 e. The Morgan fingerprint density at radius 3 is 2.78 bits per heavy atom. The fraction of sp³-hybridized carbons (Fsp3) is 0.167. The summed E-state index contributed by atoms with van der Waals surface area (Å²) in [5, 5.41) is 10.4. The van der Waals surface area contributed by atoms with E-state index in [9.17, 15) is 9.90 Å². The zero-order valence-electron chi connectivity index (χ0n) is 9.41. The molecule has 0 amide bonds. The van der Waals surface area contributed by atoms with Crippen LogP contribution in [0.2, 0.25) is 10.0 Å². The molecule has 3 nitrogen and oxygen atoms in total. The van der Waals surface area contributed by atoms with Crippen molar-refractivity contribution >= 4 is 51.5 Å². The molecule has 2 rings (SSSR count). The number of hydrogen-bond acceptors (Lipinski definition) is 4. The van der Waals surface area contributed by atoms with Crippen molar-refractivity contribution in [3.8, 4) is 0 Å². The summed E-state index contributed by atoms with van der Waals surface area (Å²) in [6.07, 6.45) is 0. The Morgan fingerprint density at radius 1 is 1.44 bits per heavy atom. The van der Waals surface area contributed by atoms with E-state index in [1.165, 1.54) is 0 Å². The molecule has 0 saturated carbocycles. The van der Waals surface area contributed by atoms with Gasteiger partial charge in [-0.1, -0.05) is 35.0 Å². The summed E-state index contributed by atoms with van der Waals surface area (Å²) >= 11 is 12.9. The molecule has 0 spiro atoms. The van der Waals surface area contributed by atoms with Gasteiger partial charge in [-0.15, -0.1) is 0 Å². The van der Waals surface area contributed by atoms with E-state index in [-0.39, 0.29) is 16.4 Å². The van der Waals surface area contributed by atoms with E-state index >= 15 is 0 Å². The first-order chi connectivity index (χ1) is 8.49. The van der Waals surface area contributed by atoms with Gasteiger partial charge >= 0.3 is 0 Å². The van der Waals surface area contributed by atoms with Crippen molar-refractivity contribution in [2.24, 2.45) is 4.99 Å². The highest BCUT2D eigenvalue weighted by Gasteiger charge is 2.25. The van der Waals surface area contributed by atoms with Gasteiger partial charge in [0.25, 0.3) is 0 Å². The number of aliphatic imine (C=N–C) groups is 1. The highest BCUT2D eigenvalue weighted by molar-refractivity contribution is 8.14. The first kappa shape index (κ1) is 13.5. The molecule has 18 heavy (non-hydrogen) atoms. The maximum absolute atomic E-state index is 11.6. The van der Waals surface area contributed by atoms with Crippen LogP contribution < -0.4 is 0 Å². The number of rotatable bonds is 2. The van der Waals surface area contributed by atoms with Gasteiger partial charge in [-0.3, -0.25) is 9.79 Å². The average molecular weight is 302 g/mol. The lowest BCUT2D eigenvalue weighted by Crippen LogP contribution is -2.04. The number of carbonyl (C=O) groups excluding carboxylic acids is 1. The Kier molecular flexibility index (Phi) is 4.00. The Hall–Kier alpha value is -0.970. The Balaban J connectivity index is 2.42. The Labute approximate surface area is 119 Å². The van der Waals surface area contributed by atoms with Crippen LogP contribution in [0.15, 0.2) is 34.5 Å². The number of benzene rings is 1. The molecule has 0 saturated heterocycles. The van der Waals surface area contributed by atoms with Crippen LogP contribution in [0.5, 0.6) is 0 Å². The van der Waals surface area contributed by atoms with E-state index in [1.807, 2.05) is 0 Å². The molecule has 1 aromatic rings. The van der Waals surface area contributed by atoms with Gasteiger partial charge in [-0.25, -0.2) is 0 Å². The molecule has 0 aliphatic carbocycles. The summed E-state index contributed by atoms with van der Waals surface area (Å²) in [5.74, 6) is 0.356. The highest BCUT2D eigenvalue weighted by Crippen LogP contribution is 2.31. The predicted octanol–water partition coefficient (Wildman–Crippen LogP) is 4.17. The lowest BCUT2D eigenvalue weighted by molar-refractivity contribution is -0.107. The highest BCUT2D eigenvalue weighted by atomic mass is 35.5. The third-order valence-corrected chi connectivity index (χ3v) is 3.83. The summed E-state index contributed by atoms with van der Waals surface area (Å²) in [6, 6.07) is 4.90. The second-order valence-corrected chi connectivity index (χ2v) is 5.48. The summed E-state index contributed by atoms with van der Waals surface area (Å²) < 4.78 is 0. The predicted molar refractivity (Wildman–Crippen MR) is 76.4 cm³/mol. The van der Waals surface area contributed by atoms with E-state index in [0.29, 0.717) is 27.2 Å². The van der Waals surface area contributed by atoms with Gasteiger partial charge < -0.3 is 5.11 Å². The van der Waals surface area contributed by atoms with Crippen molar-refractivity contribution in [3.05, 3.63) is 39.6 Å². The van der Waals surface area contributed by atoms with E-state index < -0.39 is 0 Å². The molecular weight excluding hydrogens is 293 g/mol. The molecule has 0 radical (unpaired) electrons. The van der Waals surface area contributed by atoms with Crippen LogP contribution >= 0.6 is 35.0 Å². The lowest BCUT2D eigenvalue weighted by Gasteiger charge is -2.03. The van der Waals surface area contributed by atoms with Crippen molar-refractivity contribution in [1.82, 2.24) is 0 Å². The van der Waals surface area contributed by atoms with Crippen molar-refractivity contribution < 1.29 is 9.90 Å². The third-order valence-electron chi connectivity index (χ3n) is 2.39. The quantitative estimate of drug-likeness (QED) is 0.834. The number of aliphatic hydroxyl groups excluding tert-OH is 1. The molecule has 0 bridgehead atoms. The van der Waals surface area contributed by atoms with Crippen LogP contribution in [0.3, 0.4) is 0 Å². The zero-order chi connectivity index (χ0) is 13.3. The largest absolute Gasteiger partial charge is 0.511 e. The molecule has 1 aliphatic rings. The van der Waals surface area contributed by atoms with Gasteiger partial charge in [0.05, 0.1) is 27.7 Å². The molecule has 1 N–H and O–H groups in total. The van der Waals surface area contributed by atoms with Crippen LogP contribution in [0.1, 0.15) is 6.92 Å². The van der Waals surface area contributed by atoms with Crippen molar-refractivity contribution in [1.29, 1.82) is 0 Å². The van der Waals surface area contributed by atoms with Gasteiger partial charge in [0, 0.05) is 5.02 Å². The number of hydrogen-bond donors (Lipinski definition) is 1. The minimum atomic E-state index is -0.174. The molecule has 1 aliphatic heterocycles. The first-order valence-corrected chi connectivity index (χ1v) is 6.83. The summed E-state index contributed by atoms with van der Waals surface area (Å²) in [4.78, 5) is 15.8. The molecule has 6 heteroatoms. The van der Waals surface area contributed by atoms with Crippen molar-refractivity contribution in [2.75, 3.05) is 5.75 Å². The molecule has 0 aromatic heterocycles. The molecule has 0 unspecified atom stereocenters. The molecular formula is C12H9Cl2NO2S. The Bertz CT molecular complexity index is 581. The SMILES string of the molecule is CC(=Nc1cc(Cl)ccc1Cl)C1=C(O)CSC1=O. The maximum Gasteiger partial charge on any atom is 0.225 e. The number of carbonyl (C=O) groups is 1. The van der Waals surface area contributed by atoms with E-state index in [1.54, 1.807) is 25.1 Å². The van der Waals surface area contributed by atoms with Gasteiger partial charge in [0.15, 0.2) is 0 Å². The van der Waals surface area contributed by atoms with Gasteiger partial charge in [-0.2, -0.15) is 0 Å². The second kappa shape index (κ2) is 5.34. The maximum atomic E-state index is 11.6. The zero-order valence-corrected chi connectivity index (χ0v) is 11.7. The van der Waals surface area contributed by atoms with E-state index in [2.05, 4.69) is 4.99 Å². The fourth-order valence-electron chi connectivity index (χ4n) is 1.56.